The van der Waals surface area contributed by atoms with E-state index in [9.17, 15) is 9.18 Å². The van der Waals surface area contributed by atoms with Crippen molar-refractivity contribution < 1.29 is 9.18 Å². The molecular formula is C8H9FN4O. The molecule has 0 unspecified atom stereocenters. The van der Waals surface area contributed by atoms with Crippen molar-refractivity contribution in [3.63, 3.8) is 0 Å². The zero-order valence-electron chi connectivity index (χ0n) is 7.40. The van der Waals surface area contributed by atoms with E-state index in [0.29, 0.717) is 13.1 Å². The van der Waals surface area contributed by atoms with Crippen molar-refractivity contribution in [2.24, 2.45) is 0 Å². The van der Waals surface area contributed by atoms with E-state index < -0.39 is 5.82 Å². The second-order valence-electron chi connectivity index (χ2n) is 2.92. The van der Waals surface area contributed by atoms with E-state index in [4.69, 9.17) is 0 Å². The first-order valence-corrected chi connectivity index (χ1v) is 4.26. The highest BCUT2D eigenvalue weighted by Gasteiger charge is 2.21. The van der Waals surface area contributed by atoms with Crippen molar-refractivity contribution in [3.05, 3.63) is 18.2 Å². The monoisotopic (exact) mass is 196 g/mol. The standard InChI is InChI=1S/C8H9FN4O/c9-6-3-11-8(12-4-6)13-2-1-10-5-7(13)14/h3-4,10H,1-2,5H2. The topological polar surface area (TPSA) is 58.1 Å². The summed E-state index contributed by atoms with van der Waals surface area (Å²) in [5, 5.41) is 2.92. The number of carbonyl (C=O) groups is 1. The predicted molar refractivity (Wildman–Crippen MR) is 47.2 cm³/mol. The Morgan fingerprint density at radius 2 is 2.14 bits per heavy atom. The molecule has 0 aliphatic carbocycles. The minimum Gasteiger partial charge on any atom is -0.307 e. The second-order valence-corrected chi connectivity index (χ2v) is 2.92. The lowest BCUT2D eigenvalue weighted by Gasteiger charge is -2.24. The molecule has 0 radical (unpaired) electrons. The van der Waals surface area contributed by atoms with Crippen LogP contribution in [0.3, 0.4) is 0 Å². The number of piperazine rings is 1. The molecule has 0 saturated carbocycles. The number of halogens is 1. The maximum atomic E-state index is 12.5. The maximum Gasteiger partial charge on any atom is 0.243 e. The molecule has 14 heavy (non-hydrogen) atoms. The first-order valence-electron chi connectivity index (χ1n) is 4.26. The van der Waals surface area contributed by atoms with Gasteiger partial charge in [-0.15, -0.1) is 0 Å². The molecule has 1 saturated heterocycles. The van der Waals surface area contributed by atoms with Crippen LogP contribution in [0.15, 0.2) is 12.4 Å². The highest BCUT2D eigenvalue weighted by molar-refractivity contribution is 5.93. The van der Waals surface area contributed by atoms with E-state index in [1.54, 1.807) is 0 Å². The summed E-state index contributed by atoms with van der Waals surface area (Å²) in [7, 11) is 0. The summed E-state index contributed by atoms with van der Waals surface area (Å²) in [6.45, 7) is 1.50. The molecule has 1 aliphatic rings. The molecule has 0 bridgehead atoms. The summed E-state index contributed by atoms with van der Waals surface area (Å²) in [5.41, 5.74) is 0. The number of carbonyl (C=O) groups excluding carboxylic acids is 1. The van der Waals surface area contributed by atoms with Crippen molar-refractivity contribution in [2.75, 3.05) is 24.5 Å². The number of hydrogen-bond donors (Lipinski definition) is 1. The highest BCUT2D eigenvalue weighted by atomic mass is 19.1. The van der Waals surface area contributed by atoms with Crippen LogP contribution in [0.4, 0.5) is 10.3 Å². The van der Waals surface area contributed by atoms with Gasteiger partial charge < -0.3 is 5.32 Å². The number of hydrogen-bond acceptors (Lipinski definition) is 4. The third-order valence-corrected chi connectivity index (χ3v) is 1.94. The molecule has 0 atom stereocenters. The molecule has 0 aromatic carbocycles. The average molecular weight is 196 g/mol. The van der Waals surface area contributed by atoms with Crippen LogP contribution >= 0.6 is 0 Å². The van der Waals surface area contributed by atoms with Gasteiger partial charge in [-0.1, -0.05) is 0 Å². The van der Waals surface area contributed by atoms with Gasteiger partial charge in [0.05, 0.1) is 18.9 Å². The Hall–Kier alpha value is -1.56. The fourth-order valence-electron chi connectivity index (χ4n) is 1.26. The van der Waals surface area contributed by atoms with Gasteiger partial charge in [-0.25, -0.2) is 14.4 Å². The molecule has 1 aliphatic heterocycles. The lowest BCUT2D eigenvalue weighted by molar-refractivity contribution is -0.118. The van der Waals surface area contributed by atoms with Crippen LogP contribution in [-0.2, 0) is 4.79 Å². The summed E-state index contributed by atoms with van der Waals surface area (Å²) in [6.07, 6.45) is 2.11. The van der Waals surface area contributed by atoms with E-state index in [2.05, 4.69) is 15.3 Å². The van der Waals surface area contributed by atoms with Gasteiger partial charge in [0.15, 0.2) is 5.82 Å². The van der Waals surface area contributed by atoms with Gasteiger partial charge in [0.2, 0.25) is 11.9 Å². The highest BCUT2D eigenvalue weighted by Crippen LogP contribution is 2.07. The maximum absolute atomic E-state index is 12.5. The lowest BCUT2D eigenvalue weighted by Crippen LogP contribution is -2.48. The first-order chi connectivity index (χ1) is 6.77. The molecule has 0 spiro atoms. The van der Waals surface area contributed by atoms with Crippen LogP contribution in [0.25, 0.3) is 0 Å². The van der Waals surface area contributed by atoms with Gasteiger partial charge in [0, 0.05) is 13.1 Å². The lowest BCUT2D eigenvalue weighted by atomic mass is 10.4. The van der Waals surface area contributed by atoms with Crippen molar-refractivity contribution >= 4 is 11.9 Å². The van der Waals surface area contributed by atoms with Gasteiger partial charge in [0.25, 0.3) is 0 Å². The zero-order valence-corrected chi connectivity index (χ0v) is 7.40. The molecular weight excluding hydrogens is 187 g/mol. The van der Waals surface area contributed by atoms with Gasteiger partial charge in [-0.3, -0.25) is 9.69 Å². The van der Waals surface area contributed by atoms with Crippen molar-refractivity contribution in [3.8, 4) is 0 Å². The van der Waals surface area contributed by atoms with E-state index in [1.807, 2.05) is 0 Å². The van der Waals surface area contributed by atoms with Gasteiger partial charge >= 0.3 is 0 Å². The fraction of sp³-hybridized carbons (Fsp3) is 0.375. The largest absolute Gasteiger partial charge is 0.307 e. The number of amides is 1. The van der Waals surface area contributed by atoms with E-state index in [1.165, 1.54) is 4.90 Å². The molecule has 6 heteroatoms. The number of nitrogens with zero attached hydrogens (tertiary/aromatic N) is 3. The van der Waals surface area contributed by atoms with Gasteiger partial charge in [-0.2, -0.15) is 0 Å². The zero-order chi connectivity index (χ0) is 9.97. The summed E-state index contributed by atoms with van der Waals surface area (Å²) < 4.78 is 12.5. The van der Waals surface area contributed by atoms with E-state index in [-0.39, 0.29) is 18.4 Å². The molecule has 1 fully saturated rings. The van der Waals surface area contributed by atoms with Crippen molar-refractivity contribution in [1.29, 1.82) is 0 Å². The second kappa shape index (κ2) is 3.67. The van der Waals surface area contributed by atoms with Crippen molar-refractivity contribution in [2.45, 2.75) is 0 Å². The fourth-order valence-corrected chi connectivity index (χ4v) is 1.26. The van der Waals surface area contributed by atoms with Crippen LogP contribution in [0.5, 0.6) is 0 Å². The average Bonchev–Trinajstić information content (AvgIpc) is 2.20. The Kier molecular flexibility index (Phi) is 2.36. The van der Waals surface area contributed by atoms with Crippen LogP contribution in [0.1, 0.15) is 0 Å². The Labute approximate surface area is 80.0 Å². The SMILES string of the molecule is O=C1CNCCN1c1ncc(F)cn1. The third-order valence-electron chi connectivity index (χ3n) is 1.94. The normalized spacial score (nSPS) is 17.2. The van der Waals surface area contributed by atoms with E-state index >= 15 is 0 Å². The first kappa shape index (κ1) is 9.01. The van der Waals surface area contributed by atoms with Gasteiger partial charge in [-0.05, 0) is 0 Å². The van der Waals surface area contributed by atoms with Crippen LogP contribution < -0.4 is 10.2 Å². The van der Waals surface area contributed by atoms with Gasteiger partial charge in [0.1, 0.15) is 0 Å². The Bertz CT molecular complexity index is 340. The number of aromatic nitrogens is 2. The Balaban J connectivity index is 2.20. The summed E-state index contributed by atoms with van der Waals surface area (Å²) in [5.74, 6) is -0.336. The van der Waals surface area contributed by atoms with Crippen LogP contribution in [0, 0.1) is 5.82 Å². The predicted octanol–water partition coefficient (Wildman–Crippen LogP) is -0.448. The van der Waals surface area contributed by atoms with Crippen LogP contribution in [0.2, 0.25) is 0 Å². The number of rotatable bonds is 1. The smallest absolute Gasteiger partial charge is 0.243 e. The molecule has 2 heterocycles. The molecule has 1 aromatic heterocycles. The third kappa shape index (κ3) is 1.69. The minimum atomic E-state index is -0.503. The molecule has 1 amide bonds. The van der Waals surface area contributed by atoms with Crippen LogP contribution in [-0.4, -0.2) is 35.5 Å². The molecule has 1 aromatic rings. The quantitative estimate of drug-likeness (QED) is 0.661. The summed E-state index contributed by atoms with van der Waals surface area (Å²) >= 11 is 0. The number of anilines is 1. The minimum absolute atomic E-state index is 0.0946. The Morgan fingerprint density at radius 1 is 1.43 bits per heavy atom. The van der Waals surface area contributed by atoms with Crippen molar-refractivity contribution in [1.82, 2.24) is 15.3 Å². The molecule has 1 N–H and O–H groups in total. The molecule has 2 rings (SSSR count). The van der Waals surface area contributed by atoms with E-state index in [0.717, 1.165) is 12.4 Å². The summed E-state index contributed by atoms with van der Waals surface area (Å²) in [6, 6.07) is 0. The Morgan fingerprint density at radius 3 is 2.79 bits per heavy atom. The number of nitrogens with one attached hydrogen (secondary N) is 1. The molecule has 5 nitrogen and oxygen atoms in total. The summed E-state index contributed by atoms with van der Waals surface area (Å²) in [4.78, 5) is 20.3. The molecule has 74 valence electrons.